The summed E-state index contributed by atoms with van der Waals surface area (Å²) in [6, 6.07) is 14.6. The predicted octanol–water partition coefficient (Wildman–Crippen LogP) is 2.37. The van der Waals surface area contributed by atoms with Crippen molar-refractivity contribution in [1.82, 2.24) is 5.32 Å². The van der Waals surface area contributed by atoms with Crippen molar-refractivity contribution in [2.24, 2.45) is 0 Å². The predicted molar refractivity (Wildman–Crippen MR) is 97.0 cm³/mol. The number of carbonyl (C=O) groups is 1. The van der Waals surface area contributed by atoms with E-state index in [-0.39, 0.29) is 18.6 Å². The van der Waals surface area contributed by atoms with Gasteiger partial charge in [-0.15, -0.1) is 0 Å². The Labute approximate surface area is 152 Å². The van der Waals surface area contributed by atoms with E-state index in [1.165, 1.54) is 4.90 Å². The van der Waals surface area contributed by atoms with E-state index in [2.05, 4.69) is 5.32 Å². The number of ether oxygens (including phenoxy) is 1. The van der Waals surface area contributed by atoms with E-state index >= 15 is 0 Å². The molecule has 2 aromatic rings. The Morgan fingerprint density at radius 2 is 1.79 bits per heavy atom. The van der Waals surface area contributed by atoms with Crippen molar-refractivity contribution in [1.29, 1.82) is 0 Å². The zero-order valence-corrected chi connectivity index (χ0v) is 15.2. The van der Waals surface area contributed by atoms with Crippen LogP contribution >= 0.6 is 23.2 Å². The highest BCUT2D eigenvalue weighted by Gasteiger charge is 2.21. The lowest BCUT2D eigenvalue weighted by atomic mass is 10.1. The fourth-order valence-corrected chi connectivity index (χ4v) is 2.72. The molecule has 6 heteroatoms. The molecule has 0 spiro atoms. The minimum absolute atomic E-state index is 0.0420. The van der Waals surface area contributed by atoms with Crippen LogP contribution in [0.2, 0.25) is 10.0 Å². The summed E-state index contributed by atoms with van der Waals surface area (Å²) in [7, 11) is 4.06. The largest absolute Gasteiger partial charge is 0.484 e. The number of nitrogens with one attached hydrogen (secondary N) is 2. The molecule has 0 aliphatic heterocycles. The van der Waals surface area contributed by atoms with Gasteiger partial charge in [0.25, 0.3) is 5.91 Å². The second kappa shape index (κ2) is 8.92. The maximum atomic E-state index is 12.0. The van der Waals surface area contributed by atoms with Crippen molar-refractivity contribution < 1.29 is 14.4 Å². The van der Waals surface area contributed by atoms with E-state index in [4.69, 9.17) is 27.9 Å². The van der Waals surface area contributed by atoms with Gasteiger partial charge < -0.3 is 15.0 Å². The molecule has 0 aromatic heterocycles. The molecule has 0 radical (unpaired) electrons. The first kappa shape index (κ1) is 18.6. The molecule has 1 atom stereocenters. The number of benzene rings is 2. The Bertz CT molecular complexity index is 675. The SMILES string of the molecule is C[NH+](C)[C@H](CNC(=O)COc1ccc(Cl)cc1)c1ccccc1Cl. The molecule has 0 aliphatic rings. The zero-order valence-electron chi connectivity index (χ0n) is 13.7. The van der Waals surface area contributed by atoms with Crippen LogP contribution in [0.3, 0.4) is 0 Å². The molecule has 0 unspecified atom stereocenters. The number of carbonyl (C=O) groups excluding carboxylic acids is 1. The van der Waals surface area contributed by atoms with Crippen LogP contribution in [0.5, 0.6) is 5.75 Å². The van der Waals surface area contributed by atoms with Gasteiger partial charge in [-0.25, -0.2) is 0 Å². The number of quaternary nitrogens is 1. The Kier molecular flexibility index (Phi) is 6.91. The Hall–Kier alpha value is -1.75. The summed E-state index contributed by atoms with van der Waals surface area (Å²) >= 11 is 12.1. The minimum atomic E-state index is -0.178. The Balaban J connectivity index is 1.88. The van der Waals surface area contributed by atoms with Crippen molar-refractivity contribution in [3.8, 4) is 5.75 Å². The molecule has 1 amide bonds. The lowest BCUT2D eigenvalue weighted by Crippen LogP contribution is -3.07. The van der Waals surface area contributed by atoms with E-state index in [1.54, 1.807) is 24.3 Å². The van der Waals surface area contributed by atoms with Gasteiger partial charge in [0.2, 0.25) is 0 Å². The van der Waals surface area contributed by atoms with Crippen LogP contribution in [0.15, 0.2) is 48.5 Å². The number of hydrogen-bond donors (Lipinski definition) is 2. The number of hydrogen-bond acceptors (Lipinski definition) is 2. The second-order valence-electron chi connectivity index (χ2n) is 5.70. The molecular weight excluding hydrogens is 347 g/mol. The van der Waals surface area contributed by atoms with Gasteiger partial charge in [-0.05, 0) is 30.3 Å². The van der Waals surface area contributed by atoms with Crippen LogP contribution in [-0.2, 0) is 4.79 Å². The Morgan fingerprint density at radius 1 is 1.12 bits per heavy atom. The van der Waals surface area contributed by atoms with Crippen LogP contribution in [0.25, 0.3) is 0 Å². The summed E-state index contributed by atoms with van der Waals surface area (Å²) in [6.07, 6.45) is 0. The molecule has 0 saturated heterocycles. The normalized spacial score (nSPS) is 12.0. The number of rotatable bonds is 7. The first-order chi connectivity index (χ1) is 11.5. The third kappa shape index (κ3) is 5.41. The lowest BCUT2D eigenvalue weighted by molar-refractivity contribution is -0.890. The molecule has 0 aliphatic carbocycles. The van der Waals surface area contributed by atoms with Crippen LogP contribution in [-0.4, -0.2) is 33.2 Å². The molecule has 0 heterocycles. The van der Waals surface area contributed by atoms with Crippen LogP contribution < -0.4 is 15.0 Å². The third-order valence-corrected chi connectivity index (χ3v) is 4.26. The number of likely N-dealkylation sites (N-methyl/N-ethyl adjacent to an activating group) is 1. The smallest absolute Gasteiger partial charge is 0.258 e. The Morgan fingerprint density at radius 3 is 2.42 bits per heavy atom. The molecular formula is C18H21Cl2N2O2+. The van der Waals surface area contributed by atoms with Crippen LogP contribution in [0.1, 0.15) is 11.6 Å². The quantitative estimate of drug-likeness (QED) is 0.788. The van der Waals surface area contributed by atoms with E-state index in [1.807, 2.05) is 38.4 Å². The molecule has 4 nitrogen and oxygen atoms in total. The zero-order chi connectivity index (χ0) is 17.5. The average Bonchev–Trinajstić information content (AvgIpc) is 2.56. The highest BCUT2D eigenvalue weighted by Crippen LogP contribution is 2.20. The monoisotopic (exact) mass is 367 g/mol. The fraction of sp³-hybridized carbons (Fsp3) is 0.278. The van der Waals surface area contributed by atoms with E-state index < -0.39 is 0 Å². The van der Waals surface area contributed by atoms with Gasteiger partial charge in [-0.3, -0.25) is 4.79 Å². The van der Waals surface area contributed by atoms with Gasteiger partial charge in [-0.1, -0.05) is 41.4 Å². The minimum Gasteiger partial charge on any atom is -0.484 e. The summed E-state index contributed by atoms with van der Waals surface area (Å²) in [5, 5.41) is 4.23. The molecule has 128 valence electrons. The summed E-state index contributed by atoms with van der Waals surface area (Å²) < 4.78 is 5.44. The highest BCUT2D eigenvalue weighted by atomic mass is 35.5. The van der Waals surface area contributed by atoms with Gasteiger partial charge in [0.15, 0.2) is 6.61 Å². The first-order valence-electron chi connectivity index (χ1n) is 7.67. The van der Waals surface area contributed by atoms with Crippen molar-refractivity contribution in [2.45, 2.75) is 6.04 Å². The topological polar surface area (TPSA) is 42.8 Å². The number of halogens is 2. The van der Waals surface area contributed by atoms with Crippen LogP contribution in [0, 0.1) is 0 Å². The highest BCUT2D eigenvalue weighted by molar-refractivity contribution is 6.31. The van der Waals surface area contributed by atoms with E-state index in [0.29, 0.717) is 22.3 Å². The van der Waals surface area contributed by atoms with Crippen molar-refractivity contribution in [3.63, 3.8) is 0 Å². The summed E-state index contributed by atoms with van der Waals surface area (Å²) in [6.45, 7) is 0.439. The van der Waals surface area contributed by atoms with Crippen molar-refractivity contribution >= 4 is 29.1 Å². The van der Waals surface area contributed by atoms with Gasteiger partial charge in [-0.2, -0.15) is 0 Å². The van der Waals surface area contributed by atoms with E-state index in [9.17, 15) is 4.79 Å². The van der Waals surface area contributed by atoms with Gasteiger partial charge >= 0.3 is 0 Å². The molecule has 2 N–H and O–H groups in total. The number of amides is 1. The maximum Gasteiger partial charge on any atom is 0.258 e. The molecule has 24 heavy (non-hydrogen) atoms. The average molecular weight is 368 g/mol. The first-order valence-corrected chi connectivity index (χ1v) is 8.42. The fourth-order valence-electron chi connectivity index (χ4n) is 2.33. The molecule has 0 fully saturated rings. The van der Waals surface area contributed by atoms with Gasteiger partial charge in [0.1, 0.15) is 11.8 Å². The summed E-state index contributed by atoms with van der Waals surface area (Å²) in [5.41, 5.74) is 1.01. The van der Waals surface area contributed by atoms with Crippen molar-refractivity contribution in [3.05, 3.63) is 64.1 Å². The molecule has 2 aromatic carbocycles. The summed E-state index contributed by atoms with van der Waals surface area (Å²) in [4.78, 5) is 13.2. The third-order valence-electron chi connectivity index (χ3n) is 3.66. The summed E-state index contributed by atoms with van der Waals surface area (Å²) in [5.74, 6) is 0.429. The van der Waals surface area contributed by atoms with Gasteiger partial charge in [0.05, 0.1) is 20.6 Å². The van der Waals surface area contributed by atoms with Crippen molar-refractivity contribution in [2.75, 3.05) is 27.2 Å². The molecule has 2 rings (SSSR count). The molecule has 0 bridgehead atoms. The maximum absolute atomic E-state index is 12.0. The standard InChI is InChI=1S/C18H20Cl2N2O2/c1-22(2)17(15-5-3-4-6-16(15)20)11-21-18(23)12-24-14-9-7-13(19)8-10-14/h3-10,17H,11-12H2,1-2H3,(H,21,23)/p+1/t17-/m1/s1. The molecule has 0 saturated carbocycles. The van der Waals surface area contributed by atoms with Crippen LogP contribution in [0.4, 0.5) is 0 Å². The van der Waals surface area contributed by atoms with E-state index in [0.717, 1.165) is 5.56 Å². The lowest BCUT2D eigenvalue weighted by Gasteiger charge is -2.23. The van der Waals surface area contributed by atoms with Gasteiger partial charge in [0, 0.05) is 15.6 Å². The second-order valence-corrected chi connectivity index (χ2v) is 6.54.